The van der Waals surface area contributed by atoms with E-state index in [4.69, 9.17) is 0 Å². The lowest BCUT2D eigenvalue weighted by Gasteiger charge is -2.01. The molecule has 0 atom stereocenters. The van der Waals surface area contributed by atoms with E-state index in [2.05, 4.69) is 21.9 Å². The Morgan fingerprint density at radius 2 is 2.38 bits per heavy atom. The van der Waals surface area contributed by atoms with Gasteiger partial charge in [0.05, 0.1) is 10.7 Å². The third-order valence-corrected chi connectivity index (χ3v) is 4.51. The highest BCUT2D eigenvalue weighted by Crippen LogP contribution is 2.41. The van der Waals surface area contributed by atoms with E-state index in [0.29, 0.717) is 0 Å². The van der Waals surface area contributed by atoms with Gasteiger partial charge in [-0.25, -0.2) is 4.98 Å². The Hall–Kier alpha value is -0.0600. The summed E-state index contributed by atoms with van der Waals surface area (Å²) < 4.78 is 0. The minimum Gasteiger partial charge on any atom is -0.311 e. The smallest absolute Gasteiger partial charge is 0.0959 e. The second-order valence-electron chi connectivity index (χ2n) is 4.33. The predicted molar refractivity (Wildman–Crippen MR) is 73.4 cm³/mol. The number of nitrogens with zero attached hydrogens (tertiary/aromatic N) is 1. The van der Waals surface area contributed by atoms with Crippen molar-refractivity contribution in [1.82, 2.24) is 10.3 Å². The maximum absolute atomic E-state index is 4.66. The van der Waals surface area contributed by atoms with Crippen LogP contribution in [0.3, 0.4) is 0 Å². The molecule has 1 fully saturated rings. The van der Waals surface area contributed by atoms with Gasteiger partial charge >= 0.3 is 0 Å². The Kier molecular flexibility index (Phi) is 5.13. The van der Waals surface area contributed by atoms with E-state index >= 15 is 0 Å². The summed E-state index contributed by atoms with van der Waals surface area (Å²) in [6.45, 7) is 2.07. The Morgan fingerprint density at radius 3 is 3.12 bits per heavy atom. The van der Waals surface area contributed by atoms with E-state index in [1.807, 2.05) is 23.1 Å². The van der Waals surface area contributed by atoms with Crippen molar-refractivity contribution < 1.29 is 0 Å². The molecule has 1 aliphatic rings. The summed E-state index contributed by atoms with van der Waals surface area (Å²) in [6.07, 6.45) is 7.48. The lowest BCUT2D eigenvalue weighted by molar-refractivity contribution is 0.636. The fourth-order valence-electron chi connectivity index (χ4n) is 1.63. The fourth-order valence-corrected chi connectivity index (χ4v) is 3.12. The zero-order chi connectivity index (χ0) is 11.2. The van der Waals surface area contributed by atoms with Crippen molar-refractivity contribution in [3.8, 4) is 0 Å². The number of thioether (sulfide) groups is 1. The second kappa shape index (κ2) is 6.62. The third kappa shape index (κ3) is 4.07. The van der Waals surface area contributed by atoms with Crippen molar-refractivity contribution in [3.63, 3.8) is 0 Å². The molecule has 1 aromatic heterocycles. The minimum atomic E-state index is 0.806. The van der Waals surface area contributed by atoms with Crippen LogP contribution in [0, 0.1) is 0 Å². The summed E-state index contributed by atoms with van der Waals surface area (Å²) in [5.41, 5.74) is 1.23. The summed E-state index contributed by atoms with van der Waals surface area (Å²) >= 11 is 3.77. The van der Waals surface area contributed by atoms with Gasteiger partial charge < -0.3 is 5.32 Å². The minimum absolute atomic E-state index is 0.806. The van der Waals surface area contributed by atoms with E-state index in [0.717, 1.165) is 19.0 Å². The number of nitrogens with one attached hydrogen (secondary N) is 1. The highest BCUT2D eigenvalue weighted by Gasteiger charge is 2.26. The molecule has 90 valence electrons. The topological polar surface area (TPSA) is 24.9 Å². The molecule has 2 rings (SSSR count). The molecule has 0 aromatic carbocycles. The van der Waals surface area contributed by atoms with Gasteiger partial charge in [0.1, 0.15) is 0 Å². The van der Waals surface area contributed by atoms with Gasteiger partial charge in [0.25, 0.3) is 0 Å². The van der Waals surface area contributed by atoms with Crippen LogP contribution in [0.2, 0.25) is 0 Å². The monoisotopic (exact) mass is 256 g/mol. The van der Waals surface area contributed by atoms with E-state index in [1.165, 1.54) is 42.1 Å². The first-order chi connectivity index (χ1) is 7.90. The molecule has 1 aliphatic carbocycles. The summed E-state index contributed by atoms with van der Waals surface area (Å²) in [6, 6.07) is 0. The van der Waals surface area contributed by atoms with E-state index in [1.54, 1.807) is 0 Å². The van der Waals surface area contributed by atoms with E-state index in [-0.39, 0.29) is 0 Å². The van der Waals surface area contributed by atoms with Crippen LogP contribution in [-0.2, 0) is 6.54 Å². The second-order valence-corrected chi connectivity index (χ2v) is 6.20. The Labute approximate surface area is 106 Å². The summed E-state index contributed by atoms with van der Waals surface area (Å²) in [7, 11) is 0. The summed E-state index contributed by atoms with van der Waals surface area (Å²) in [4.78, 5) is 4.66. The first kappa shape index (κ1) is 12.4. The van der Waals surface area contributed by atoms with Crippen molar-refractivity contribution in [1.29, 1.82) is 0 Å². The molecule has 0 aliphatic heterocycles. The van der Waals surface area contributed by atoms with E-state index in [9.17, 15) is 0 Å². The largest absolute Gasteiger partial charge is 0.311 e. The lowest BCUT2D eigenvalue weighted by Crippen LogP contribution is -2.15. The number of hydrogen-bond acceptors (Lipinski definition) is 4. The molecule has 0 bridgehead atoms. The van der Waals surface area contributed by atoms with E-state index < -0.39 is 0 Å². The summed E-state index contributed by atoms with van der Waals surface area (Å²) in [5, 5.41) is 7.04. The Balaban J connectivity index is 1.57. The standard InChI is InChI=1S/C12H20N2S2/c1-15-7-3-2-6-13-8-11-9-16-12(14-11)10-4-5-10/h9-10,13H,2-8H2,1H3. The number of aromatic nitrogens is 1. The van der Waals surface area contributed by atoms with Crippen LogP contribution in [0.25, 0.3) is 0 Å². The van der Waals surface area contributed by atoms with Crippen LogP contribution >= 0.6 is 23.1 Å². The number of thiazole rings is 1. The van der Waals surface area contributed by atoms with Gasteiger partial charge in [0.15, 0.2) is 0 Å². The molecule has 1 saturated carbocycles. The van der Waals surface area contributed by atoms with Gasteiger partial charge in [0.2, 0.25) is 0 Å². The van der Waals surface area contributed by atoms with Gasteiger partial charge in [-0.1, -0.05) is 0 Å². The molecule has 1 heterocycles. The quantitative estimate of drug-likeness (QED) is 0.723. The maximum atomic E-state index is 4.66. The SMILES string of the molecule is CSCCCCNCc1csc(C2CC2)n1. The van der Waals surface area contributed by atoms with Gasteiger partial charge in [-0.15, -0.1) is 11.3 Å². The highest BCUT2D eigenvalue weighted by atomic mass is 32.2. The molecule has 0 amide bonds. The van der Waals surface area contributed by atoms with Crippen LogP contribution in [0.4, 0.5) is 0 Å². The van der Waals surface area contributed by atoms with Gasteiger partial charge in [-0.3, -0.25) is 0 Å². The van der Waals surface area contributed by atoms with Crippen molar-refractivity contribution in [3.05, 3.63) is 16.1 Å². The molecule has 2 nitrogen and oxygen atoms in total. The van der Waals surface area contributed by atoms with Crippen LogP contribution in [-0.4, -0.2) is 23.5 Å². The maximum Gasteiger partial charge on any atom is 0.0959 e. The first-order valence-electron chi connectivity index (χ1n) is 6.04. The Morgan fingerprint density at radius 1 is 1.50 bits per heavy atom. The third-order valence-electron chi connectivity index (χ3n) is 2.75. The highest BCUT2D eigenvalue weighted by molar-refractivity contribution is 7.98. The molecule has 1 N–H and O–H groups in total. The van der Waals surface area contributed by atoms with Crippen LogP contribution in [0.1, 0.15) is 42.3 Å². The fraction of sp³-hybridized carbons (Fsp3) is 0.750. The van der Waals surface area contributed by atoms with Crippen molar-refractivity contribution in [2.45, 2.75) is 38.1 Å². The number of unbranched alkanes of at least 4 members (excludes halogenated alkanes) is 1. The van der Waals surface area contributed by atoms with Crippen molar-refractivity contribution >= 4 is 23.1 Å². The number of hydrogen-bond donors (Lipinski definition) is 1. The van der Waals surface area contributed by atoms with Gasteiger partial charge in [-0.2, -0.15) is 11.8 Å². The zero-order valence-corrected chi connectivity index (χ0v) is 11.5. The molecule has 16 heavy (non-hydrogen) atoms. The molecule has 0 spiro atoms. The molecule has 4 heteroatoms. The van der Waals surface area contributed by atoms with Crippen LogP contribution in [0.5, 0.6) is 0 Å². The van der Waals surface area contributed by atoms with Crippen molar-refractivity contribution in [2.75, 3.05) is 18.6 Å². The average molecular weight is 256 g/mol. The molecular formula is C12H20N2S2. The molecule has 0 saturated heterocycles. The molecular weight excluding hydrogens is 236 g/mol. The van der Waals surface area contributed by atoms with Gasteiger partial charge in [-0.05, 0) is 44.2 Å². The van der Waals surface area contributed by atoms with Crippen molar-refractivity contribution in [2.24, 2.45) is 0 Å². The van der Waals surface area contributed by atoms with Crippen LogP contribution < -0.4 is 5.32 Å². The summed E-state index contributed by atoms with van der Waals surface area (Å²) in [5.74, 6) is 2.09. The predicted octanol–water partition coefficient (Wildman–Crippen LogP) is 3.25. The zero-order valence-electron chi connectivity index (χ0n) is 9.87. The molecule has 0 unspecified atom stereocenters. The van der Waals surface area contributed by atoms with Gasteiger partial charge in [0, 0.05) is 17.8 Å². The van der Waals surface area contributed by atoms with Crippen LogP contribution in [0.15, 0.2) is 5.38 Å². The average Bonchev–Trinajstić information content (AvgIpc) is 3.04. The first-order valence-corrected chi connectivity index (χ1v) is 8.31. The number of rotatable bonds is 8. The normalized spacial score (nSPS) is 15.6. The Bertz CT molecular complexity index is 308. The molecule has 1 aromatic rings. The lowest BCUT2D eigenvalue weighted by atomic mass is 10.3. The molecule has 0 radical (unpaired) electrons.